The van der Waals surface area contributed by atoms with Gasteiger partial charge in [0.15, 0.2) is 0 Å². The van der Waals surface area contributed by atoms with Crippen molar-refractivity contribution in [3.8, 4) is 5.75 Å². The van der Waals surface area contributed by atoms with Gasteiger partial charge >= 0.3 is 0 Å². The normalized spacial score (nSPS) is 23.4. The zero-order chi connectivity index (χ0) is 20.2. The van der Waals surface area contributed by atoms with Gasteiger partial charge in [0, 0.05) is 17.4 Å². The molecule has 1 aromatic carbocycles. The minimum Gasteiger partial charge on any atom is -0.493 e. The summed E-state index contributed by atoms with van der Waals surface area (Å²) in [4.78, 5) is 19.6. The van der Waals surface area contributed by atoms with E-state index in [-0.39, 0.29) is 11.5 Å². The fourth-order valence-corrected chi connectivity index (χ4v) is 5.21. The number of benzene rings is 1. The second-order valence-electron chi connectivity index (χ2n) is 8.06. The first-order chi connectivity index (χ1) is 14.1. The van der Waals surface area contributed by atoms with Gasteiger partial charge < -0.3 is 20.1 Å². The van der Waals surface area contributed by atoms with E-state index in [4.69, 9.17) is 4.74 Å². The number of aliphatic hydroxyl groups excluding tert-OH is 1. The zero-order valence-electron chi connectivity index (χ0n) is 16.5. The largest absolute Gasteiger partial charge is 0.493 e. The Balaban J connectivity index is 1.46. The Labute approximate surface area is 173 Å². The van der Waals surface area contributed by atoms with Gasteiger partial charge in [-0.2, -0.15) is 11.8 Å². The molecule has 0 spiro atoms. The number of nitrogens with zero attached hydrogens (tertiary/aromatic N) is 1. The molecule has 0 amide bonds. The van der Waals surface area contributed by atoms with Crippen LogP contribution in [0.5, 0.6) is 5.75 Å². The van der Waals surface area contributed by atoms with Crippen molar-refractivity contribution in [2.75, 3.05) is 19.7 Å². The second kappa shape index (κ2) is 9.45. The number of hydrogen-bond acceptors (Lipinski definition) is 6. The number of H-pyrrole nitrogens is 1. The summed E-state index contributed by atoms with van der Waals surface area (Å²) >= 11 is 1.73. The predicted molar refractivity (Wildman–Crippen MR) is 113 cm³/mol. The highest BCUT2D eigenvalue weighted by molar-refractivity contribution is 7.99. The first-order valence-electron chi connectivity index (χ1n) is 10.4. The SMILES string of the molecule is O=c1[nH]c(CS[C@H]2CC[C@H](O)CC2)nc2cc(OCC3CCNCC3)cc(F)c12. The Morgan fingerprint density at radius 1 is 1.17 bits per heavy atom. The van der Waals surface area contributed by atoms with Crippen molar-refractivity contribution in [2.45, 2.75) is 55.6 Å². The van der Waals surface area contributed by atoms with Gasteiger partial charge in [0.25, 0.3) is 5.56 Å². The van der Waals surface area contributed by atoms with Crippen LogP contribution in [0.15, 0.2) is 16.9 Å². The zero-order valence-corrected chi connectivity index (χ0v) is 17.3. The highest BCUT2D eigenvalue weighted by Gasteiger charge is 2.20. The molecule has 0 unspecified atom stereocenters. The fraction of sp³-hybridized carbons (Fsp3) is 0.619. The molecule has 6 nitrogen and oxygen atoms in total. The average Bonchev–Trinajstić information content (AvgIpc) is 2.72. The molecule has 1 aliphatic carbocycles. The molecule has 1 saturated heterocycles. The van der Waals surface area contributed by atoms with Crippen LogP contribution < -0.4 is 15.6 Å². The van der Waals surface area contributed by atoms with Gasteiger partial charge in [-0.1, -0.05) is 0 Å². The quantitative estimate of drug-likeness (QED) is 0.665. The molecule has 1 aromatic heterocycles. The van der Waals surface area contributed by atoms with Crippen LogP contribution in [0.1, 0.15) is 44.3 Å². The van der Waals surface area contributed by atoms with E-state index in [1.165, 1.54) is 6.07 Å². The molecule has 0 bridgehead atoms. The lowest BCUT2D eigenvalue weighted by Gasteiger charge is -2.24. The van der Waals surface area contributed by atoms with E-state index in [1.54, 1.807) is 17.8 Å². The van der Waals surface area contributed by atoms with Crippen molar-refractivity contribution in [1.29, 1.82) is 0 Å². The fourth-order valence-electron chi connectivity index (χ4n) is 4.07. The first-order valence-corrected chi connectivity index (χ1v) is 11.5. The van der Waals surface area contributed by atoms with Crippen LogP contribution in [0.25, 0.3) is 10.9 Å². The van der Waals surface area contributed by atoms with Crippen molar-refractivity contribution in [2.24, 2.45) is 5.92 Å². The predicted octanol–water partition coefficient (Wildman–Crippen LogP) is 2.98. The van der Waals surface area contributed by atoms with Gasteiger partial charge in [-0.05, 0) is 57.5 Å². The molecule has 0 radical (unpaired) electrons. The molecule has 3 N–H and O–H groups in total. The molecule has 1 aliphatic heterocycles. The van der Waals surface area contributed by atoms with Gasteiger partial charge in [-0.25, -0.2) is 9.37 Å². The summed E-state index contributed by atoms with van der Waals surface area (Å²) < 4.78 is 20.4. The van der Waals surface area contributed by atoms with Crippen molar-refractivity contribution in [3.05, 3.63) is 34.1 Å². The van der Waals surface area contributed by atoms with Crippen LogP contribution in [-0.4, -0.2) is 46.1 Å². The Bertz CT molecular complexity index is 893. The number of piperidine rings is 1. The van der Waals surface area contributed by atoms with Crippen LogP contribution in [-0.2, 0) is 5.75 Å². The number of halogens is 1. The molecule has 158 valence electrons. The van der Waals surface area contributed by atoms with E-state index in [2.05, 4.69) is 15.3 Å². The van der Waals surface area contributed by atoms with Gasteiger partial charge in [0.05, 0.1) is 24.0 Å². The lowest BCUT2D eigenvalue weighted by molar-refractivity contribution is 0.132. The van der Waals surface area contributed by atoms with Gasteiger partial charge in [-0.3, -0.25) is 4.79 Å². The van der Waals surface area contributed by atoms with Crippen LogP contribution in [0.3, 0.4) is 0 Å². The van der Waals surface area contributed by atoms with Crippen molar-refractivity contribution in [1.82, 2.24) is 15.3 Å². The van der Waals surface area contributed by atoms with E-state index in [9.17, 15) is 14.3 Å². The maximum Gasteiger partial charge on any atom is 0.261 e. The highest BCUT2D eigenvalue weighted by Crippen LogP contribution is 2.30. The lowest BCUT2D eigenvalue weighted by atomic mass is 9.97. The van der Waals surface area contributed by atoms with E-state index in [1.807, 2.05) is 0 Å². The van der Waals surface area contributed by atoms with E-state index in [0.29, 0.717) is 40.6 Å². The Hall–Kier alpha value is -1.64. The third-order valence-corrected chi connectivity index (χ3v) is 7.21. The molecule has 2 aromatic rings. The smallest absolute Gasteiger partial charge is 0.261 e. The van der Waals surface area contributed by atoms with Crippen molar-refractivity contribution >= 4 is 22.7 Å². The lowest BCUT2D eigenvalue weighted by Crippen LogP contribution is -2.30. The molecule has 2 fully saturated rings. The average molecular weight is 422 g/mol. The molecular formula is C21H28FN3O3S. The minimum absolute atomic E-state index is 0.0197. The van der Waals surface area contributed by atoms with Crippen molar-refractivity contribution < 1.29 is 14.2 Å². The monoisotopic (exact) mass is 421 g/mol. The molecule has 8 heteroatoms. The summed E-state index contributed by atoms with van der Waals surface area (Å²) in [6, 6.07) is 2.95. The van der Waals surface area contributed by atoms with Gasteiger partial charge in [0.2, 0.25) is 0 Å². The maximum absolute atomic E-state index is 14.5. The molecule has 4 rings (SSSR count). The molecule has 29 heavy (non-hydrogen) atoms. The first kappa shape index (κ1) is 20.6. The summed E-state index contributed by atoms with van der Waals surface area (Å²) in [5, 5.41) is 13.4. The van der Waals surface area contributed by atoms with E-state index >= 15 is 0 Å². The Morgan fingerprint density at radius 3 is 2.69 bits per heavy atom. The van der Waals surface area contributed by atoms with Crippen LogP contribution in [0.2, 0.25) is 0 Å². The van der Waals surface area contributed by atoms with Crippen molar-refractivity contribution in [3.63, 3.8) is 0 Å². The minimum atomic E-state index is -0.600. The van der Waals surface area contributed by atoms with Crippen LogP contribution in [0, 0.1) is 11.7 Å². The Kier molecular flexibility index (Phi) is 6.72. The summed E-state index contributed by atoms with van der Waals surface area (Å²) in [7, 11) is 0. The van der Waals surface area contributed by atoms with Gasteiger partial charge in [0.1, 0.15) is 22.8 Å². The number of rotatable bonds is 6. The number of nitrogens with one attached hydrogen (secondary N) is 2. The number of ether oxygens (including phenoxy) is 1. The number of aromatic nitrogens is 2. The standard InChI is InChI=1S/C21H28FN3O3S/c22-17-9-15(28-11-13-5-7-23-8-6-13)10-18-20(17)21(27)25-19(24-18)12-29-16-3-1-14(26)2-4-16/h9-10,13-14,16,23,26H,1-8,11-12H2,(H,24,25,27)/t14-,16-. The maximum atomic E-state index is 14.5. The summed E-state index contributed by atoms with van der Waals surface area (Å²) in [5.74, 6) is 1.40. The van der Waals surface area contributed by atoms with Gasteiger partial charge in [-0.15, -0.1) is 0 Å². The number of hydrogen-bond donors (Lipinski definition) is 3. The summed E-state index contributed by atoms with van der Waals surface area (Å²) in [6.45, 7) is 2.52. The number of thioether (sulfide) groups is 1. The molecule has 2 aliphatic rings. The second-order valence-corrected chi connectivity index (χ2v) is 9.35. The molecule has 1 saturated carbocycles. The van der Waals surface area contributed by atoms with E-state index < -0.39 is 11.4 Å². The number of aromatic amines is 1. The summed E-state index contributed by atoms with van der Waals surface area (Å²) in [5.41, 5.74) is -0.115. The summed E-state index contributed by atoms with van der Waals surface area (Å²) in [6.07, 6.45) is 5.49. The number of aliphatic hydroxyl groups is 1. The number of fused-ring (bicyclic) bond motifs is 1. The Morgan fingerprint density at radius 2 is 1.93 bits per heavy atom. The topological polar surface area (TPSA) is 87.2 Å². The third-order valence-electron chi connectivity index (χ3n) is 5.83. The van der Waals surface area contributed by atoms with E-state index in [0.717, 1.165) is 51.6 Å². The molecule has 0 atom stereocenters. The van der Waals surface area contributed by atoms with Crippen LogP contribution >= 0.6 is 11.8 Å². The highest BCUT2D eigenvalue weighted by atomic mass is 32.2. The molecular weight excluding hydrogens is 393 g/mol. The van der Waals surface area contributed by atoms with Crippen LogP contribution in [0.4, 0.5) is 4.39 Å². The third kappa shape index (κ3) is 5.29. The molecule has 2 heterocycles.